The molecule has 1 saturated heterocycles. The lowest BCUT2D eigenvalue weighted by Gasteiger charge is -2.36. The van der Waals surface area contributed by atoms with Crippen LogP contribution in [-0.2, 0) is 13.0 Å². The molecule has 0 radical (unpaired) electrons. The number of benzene rings is 2. The first kappa shape index (κ1) is 14.8. The summed E-state index contributed by atoms with van der Waals surface area (Å²) in [4.78, 5) is 2.60. The second-order valence-corrected chi connectivity index (χ2v) is 6.56. The van der Waals surface area contributed by atoms with E-state index in [0.717, 1.165) is 37.1 Å². The van der Waals surface area contributed by atoms with Crippen molar-refractivity contribution in [3.8, 4) is 0 Å². The van der Waals surface area contributed by atoms with E-state index in [4.69, 9.17) is 0 Å². The van der Waals surface area contributed by atoms with Crippen molar-refractivity contribution in [2.45, 2.75) is 19.0 Å². The second kappa shape index (κ2) is 7.21. The maximum absolute atomic E-state index is 3.53. The van der Waals surface area contributed by atoms with Crippen LogP contribution >= 0.6 is 15.9 Å². The van der Waals surface area contributed by atoms with Crippen LogP contribution in [0.5, 0.6) is 0 Å². The number of hydrogen-bond donors (Lipinski definition) is 1. The average Bonchev–Trinajstić information content (AvgIpc) is 2.52. The number of halogens is 1. The highest BCUT2D eigenvalue weighted by Crippen LogP contribution is 2.16. The van der Waals surface area contributed by atoms with E-state index in [2.05, 4.69) is 80.7 Å². The summed E-state index contributed by atoms with van der Waals surface area (Å²) >= 11 is 3.50. The number of rotatable bonds is 4. The minimum atomic E-state index is 0.574. The van der Waals surface area contributed by atoms with Gasteiger partial charge in [-0.2, -0.15) is 0 Å². The fraction of sp³-hybridized carbons (Fsp3) is 0.333. The summed E-state index contributed by atoms with van der Waals surface area (Å²) in [5.74, 6) is 0. The van der Waals surface area contributed by atoms with Crippen LogP contribution in [0, 0.1) is 0 Å². The molecule has 110 valence electrons. The minimum absolute atomic E-state index is 0.574. The molecular formula is C18H21BrN2. The fourth-order valence-corrected chi connectivity index (χ4v) is 3.19. The molecule has 1 fully saturated rings. The predicted molar refractivity (Wildman–Crippen MR) is 91.4 cm³/mol. The molecule has 1 atom stereocenters. The third-order valence-corrected chi connectivity index (χ3v) is 4.61. The van der Waals surface area contributed by atoms with Crippen molar-refractivity contribution in [2.24, 2.45) is 0 Å². The van der Waals surface area contributed by atoms with E-state index in [1.165, 1.54) is 11.1 Å². The third-order valence-electron chi connectivity index (χ3n) is 4.09. The molecule has 1 unspecified atom stereocenters. The molecule has 0 bridgehead atoms. The van der Waals surface area contributed by atoms with Crippen molar-refractivity contribution in [3.63, 3.8) is 0 Å². The Labute approximate surface area is 135 Å². The third kappa shape index (κ3) is 4.16. The zero-order valence-electron chi connectivity index (χ0n) is 12.1. The van der Waals surface area contributed by atoms with Crippen molar-refractivity contribution >= 4 is 15.9 Å². The number of hydrogen-bond acceptors (Lipinski definition) is 2. The van der Waals surface area contributed by atoms with E-state index in [0.29, 0.717) is 6.04 Å². The highest BCUT2D eigenvalue weighted by atomic mass is 79.9. The summed E-state index contributed by atoms with van der Waals surface area (Å²) in [7, 11) is 0. The molecule has 0 aromatic heterocycles. The normalized spacial score (nSPS) is 19.6. The molecule has 0 saturated carbocycles. The van der Waals surface area contributed by atoms with Gasteiger partial charge in [0, 0.05) is 36.7 Å². The van der Waals surface area contributed by atoms with Crippen molar-refractivity contribution in [1.82, 2.24) is 10.2 Å². The summed E-state index contributed by atoms with van der Waals surface area (Å²) in [5, 5.41) is 3.53. The van der Waals surface area contributed by atoms with Gasteiger partial charge < -0.3 is 5.32 Å². The van der Waals surface area contributed by atoms with Gasteiger partial charge in [-0.05, 0) is 29.7 Å². The van der Waals surface area contributed by atoms with E-state index in [1.54, 1.807) is 0 Å². The maximum Gasteiger partial charge on any atom is 0.0265 e. The largest absolute Gasteiger partial charge is 0.314 e. The SMILES string of the molecule is Brc1ccc(CN2CCNCC2Cc2ccccc2)cc1. The summed E-state index contributed by atoms with van der Waals surface area (Å²) < 4.78 is 1.15. The Morgan fingerprint density at radius 2 is 1.76 bits per heavy atom. The van der Waals surface area contributed by atoms with Gasteiger partial charge in [0.15, 0.2) is 0 Å². The Morgan fingerprint density at radius 3 is 2.52 bits per heavy atom. The van der Waals surface area contributed by atoms with Crippen LogP contribution in [0.1, 0.15) is 11.1 Å². The molecule has 3 rings (SSSR count). The molecule has 3 heteroatoms. The Hall–Kier alpha value is -1.16. The number of nitrogens with one attached hydrogen (secondary N) is 1. The molecule has 0 amide bonds. The molecule has 2 aromatic rings. The van der Waals surface area contributed by atoms with Gasteiger partial charge in [0.25, 0.3) is 0 Å². The Kier molecular flexibility index (Phi) is 5.07. The molecule has 0 aliphatic carbocycles. The first-order valence-corrected chi connectivity index (χ1v) is 8.34. The molecule has 1 aliphatic heterocycles. The van der Waals surface area contributed by atoms with Gasteiger partial charge in [0.2, 0.25) is 0 Å². The van der Waals surface area contributed by atoms with Crippen molar-refractivity contribution < 1.29 is 0 Å². The first-order valence-electron chi connectivity index (χ1n) is 7.54. The van der Waals surface area contributed by atoms with Gasteiger partial charge in [-0.25, -0.2) is 0 Å². The zero-order chi connectivity index (χ0) is 14.5. The molecular weight excluding hydrogens is 324 g/mol. The van der Waals surface area contributed by atoms with Gasteiger partial charge in [-0.15, -0.1) is 0 Å². The van der Waals surface area contributed by atoms with E-state index in [1.807, 2.05) is 0 Å². The van der Waals surface area contributed by atoms with Crippen LogP contribution in [0.3, 0.4) is 0 Å². The average molecular weight is 345 g/mol. The number of nitrogens with zero attached hydrogens (tertiary/aromatic N) is 1. The van der Waals surface area contributed by atoms with Gasteiger partial charge >= 0.3 is 0 Å². The maximum atomic E-state index is 3.53. The minimum Gasteiger partial charge on any atom is -0.314 e. The molecule has 1 aliphatic rings. The molecule has 1 heterocycles. The lowest BCUT2D eigenvalue weighted by molar-refractivity contribution is 0.152. The van der Waals surface area contributed by atoms with Crippen LogP contribution in [0.15, 0.2) is 59.1 Å². The van der Waals surface area contributed by atoms with Gasteiger partial charge in [-0.3, -0.25) is 4.90 Å². The van der Waals surface area contributed by atoms with Crippen molar-refractivity contribution in [2.75, 3.05) is 19.6 Å². The van der Waals surface area contributed by atoms with E-state index in [9.17, 15) is 0 Å². The van der Waals surface area contributed by atoms with Crippen molar-refractivity contribution in [3.05, 3.63) is 70.2 Å². The van der Waals surface area contributed by atoms with Crippen LogP contribution in [-0.4, -0.2) is 30.6 Å². The Balaban J connectivity index is 1.68. The lowest BCUT2D eigenvalue weighted by atomic mass is 10.0. The highest BCUT2D eigenvalue weighted by Gasteiger charge is 2.22. The summed E-state index contributed by atoms with van der Waals surface area (Å²) in [5.41, 5.74) is 2.81. The Bertz CT molecular complexity index is 553. The molecule has 0 spiro atoms. The highest BCUT2D eigenvalue weighted by molar-refractivity contribution is 9.10. The van der Waals surface area contributed by atoms with E-state index in [-0.39, 0.29) is 0 Å². The van der Waals surface area contributed by atoms with E-state index >= 15 is 0 Å². The summed E-state index contributed by atoms with van der Waals surface area (Å²) in [6.45, 7) is 4.31. The van der Waals surface area contributed by atoms with Gasteiger partial charge in [0.05, 0.1) is 0 Å². The lowest BCUT2D eigenvalue weighted by Crippen LogP contribution is -2.51. The molecule has 2 nitrogen and oxygen atoms in total. The second-order valence-electron chi connectivity index (χ2n) is 5.64. The number of piperazine rings is 1. The summed E-state index contributed by atoms with van der Waals surface area (Å²) in [6, 6.07) is 20.1. The standard InChI is InChI=1S/C18H21BrN2/c19-17-8-6-16(7-9-17)14-21-11-10-20-13-18(21)12-15-4-2-1-3-5-15/h1-9,18,20H,10-14H2. The van der Waals surface area contributed by atoms with Crippen LogP contribution in [0.4, 0.5) is 0 Å². The predicted octanol–water partition coefficient (Wildman–Crippen LogP) is 3.47. The molecule has 1 N–H and O–H groups in total. The van der Waals surface area contributed by atoms with Crippen LogP contribution in [0.25, 0.3) is 0 Å². The van der Waals surface area contributed by atoms with Crippen molar-refractivity contribution in [1.29, 1.82) is 0 Å². The van der Waals surface area contributed by atoms with Crippen LogP contribution in [0.2, 0.25) is 0 Å². The Morgan fingerprint density at radius 1 is 1.00 bits per heavy atom. The smallest absolute Gasteiger partial charge is 0.0265 e. The topological polar surface area (TPSA) is 15.3 Å². The summed E-state index contributed by atoms with van der Waals surface area (Å²) in [6.07, 6.45) is 1.12. The monoisotopic (exact) mass is 344 g/mol. The first-order chi connectivity index (χ1) is 10.3. The van der Waals surface area contributed by atoms with Gasteiger partial charge in [-0.1, -0.05) is 58.4 Å². The molecule has 2 aromatic carbocycles. The molecule has 21 heavy (non-hydrogen) atoms. The zero-order valence-corrected chi connectivity index (χ0v) is 13.7. The quantitative estimate of drug-likeness (QED) is 0.913. The van der Waals surface area contributed by atoms with E-state index < -0.39 is 0 Å². The van der Waals surface area contributed by atoms with Crippen LogP contribution < -0.4 is 5.32 Å². The fourth-order valence-electron chi connectivity index (χ4n) is 2.92. The van der Waals surface area contributed by atoms with Gasteiger partial charge in [0.1, 0.15) is 0 Å².